The fraction of sp³-hybridized carbons (Fsp3) is 0.238. The molecule has 0 spiro atoms. The van der Waals surface area contributed by atoms with Gasteiger partial charge in [-0.05, 0) is 42.8 Å². The van der Waals surface area contributed by atoms with Gasteiger partial charge in [0.2, 0.25) is 5.91 Å². The number of aromatic nitrogens is 2. The van der Waals surface area contributed by atoms with Crippen molar-refractivity contribution in [2.24, 2.45) is 5.92 Å². The van der Waals surface area contributed by atoms with Crippen LogP contribution in [-0.4, -0.2) is 35.6 Å². The van der Waals surface area contributed by atoms with E-state index in [4.69, 9.17) is 0 Å². The Balaban J connectivity index is 1.60. The summed E-state index contributed by atoms with van der Waals surface area (Å²) in [5, 5.41) is 7.46. The van der Waals surface area contributed by atoms with Crippen molar-refractivity contribution in [3.05, 3.63) is 72.2 Å². The summed E-state index contributed by atoms with van der Waals surface area (Å²) in [6.45, 7) is 0.203. The quantitative estimate of drug-likeness (QED) is 0.697. The van der Waals surface area contributed by atoms with Gasteiger partial charge in [0.05, 0.1) is 28.8 Å². The van der Waals surface area contributed by atoms with E-state index < -0.39 is 15.8 Å². The van der Waals surface area contributed by atoms with Crippen LogP contribution in [0.2, 0.25) is 0 Å². The topological polar surface area (TPSA) is 81.1 Å². The molecule has 1 amide bonds. The molecule has 1 atom stereocenters. The lowest BCUT2D eigenvalue weighted by molar-refractivity contribution is -0.124. The maximum atomic E-state index is 13.3. The minimum Gasteiger partial charge on any atom is -0.352 e. The number of halogens is 1. The van der Waals surface area contributed by atoms with Crippen molar-refractivity contribution in [2.45, 2.75) is 13.0 Å². The second-order valence-corrected chi connectivity index (χ2v) is 9.34. The van der Waals surface area contributed by atoms with E-state index >= 15 is 0 Å². The predicted octanol–water partition coefficient (Wildman–Crippen LogP) is 2.73. The molecule has 1 saturated heterocycles. The third-order valence-corrected chi connectivity index (χ3v) is 6.75. The van der Waals surface area contributed by atoms with Crippen LogP contribution >= 0.6 is 0 Å². The van der Waals surface area contributed by atoms with Crippen LogP contribution in [-0.2, 0) is 21.2 Å². The van der Waals surface area contributed by atoms with Gasteiger partial charge in [-0.15, -0.1) is 0 Å². The number of carbonyl (C=O) groups excluding carboxylic acids is 1. The highest BCUT2D eigenvalue weighted by Crippen LogP contribution is 2.25. The van der Waals surface area contributed by atoms with Gasteiger partial charge in [0, 0.05) is 23.9 Å². The Bertz CT molecular complexity index is 1130. The molecule has 8 heteroatoms. The second-order valence-electron chi connectivity index (χ2n) is 7.11. The Morgan fingerprint density at radius 1 is 1.14 bits per heavy atom. The van der Waals surface area contributed by atoms with E-state index in [1.54, 1.807) is 16.8 Å². The number of carbonyl (C=O) groups is 1. The van der Waals surface area contributed by atoms with Gasteiger partial charge < -0.3 is 5.32 Å². The fourth-order valence-corrected chi connectivity index (χ4v) is 5.17. The average molecular weight is 413 g/mol. The maximum absolute atomic E-state index is 13.3. The summed E-state index contributed by atoms with van der Waals surface area (Å²) >= 11 is 0. The number of amides is 1. The minimum atomic E-state index is -3.12. The monoisotopic (exact) mass is 413 g/mol. The van der Waals surface area contributed by atoms with Crippen molar-refractivity contribution < 1.29 is 17.6 Å². The molecule has 0 aliphatic carbocycles. The molecule has 1 fully saturated rings. The average Bonchev–Trinajstić information content (AvgIpc) is 3.31. The van der Waals surface area contributed by atoms with Gasteiger partial charge in [0.15, 0.2) is 9.84 Å². The Morgan fingerprint density at radius 3 is 2.52 bits per heavy atom. The number of hydrogen-bond acceptors (Lipinski definition) is 4. The van der Waals surface area contributed by atoms with Crippen molar-refractivity contribution >= 4 is 15.7 Å². The third-order valence-electron chi connectivity index (χ3n) is 4.98. The first-order valence-corrected chi connectivity index (χ1v) is 11.1. The summed E-state index contributed by atoms with van der Waals surface area (Å²) in [7, 11) is -3.12. The van der Waals surface area contributed by atoms with Gasteiger partial charge in [0.25, 0.3) is 0 Å². The zero-order chi connectivity index (χ0) is 20.4. The van der Waals surface area contributed by atoms with E-state index in [9.17, 15) is 17.6 Å². The molecule has 0 saturated carbocycles. The molecule has 0 unspecified atom stereocenters. The van der Waals surface area contributed by atoms with E-state index in [1.165, 1.54) is 12.1 Å². The van der Waals surface area contributed by atoms with E-state index in [0.29, 0.717) is 12.1 Å². The summed E-state index contributed by atoms with van der Waals surface area (Å²) in [6, 6.07) is 15.5. The van der Waals surface area contributed by atoms with Crippen molar-refractivity contribution in [1.29, 1.82) is 0 Å². The number of benzene rings is 2. The van der Waals surface area contributed by atoms with Gasteiger partial charge in [-0.1, -0.05) is 18.2 Å². The molecule has 3 aromatic rings. The normalized spacial score (nSPS) is 17.9. The van der Waals surface area contributed by atoms with Crippen LogP contribution in [0.3, 0.4) is 0 Å². The lowest BCUT2D eigenvalue weighted by Crippen LogP contribution is -2.31. The highest BCUT2D eigenvalue weighted by molar-refractivity contribution is 7.91. The van der Waals surface area contributed by atoms with Crippen LogP contribution in [0, 0.1) is 11.7 Å². The van der Waals surface area contributed by atoms with Gasteiger partial charge in [-0.25, -0.2) is 17.5 Å². The molecule has 150 valence electrons. The van der Waals surface area contributed by atoms with Crippen molar-refractivity contribution in [3.63, 3.8) is 0 Å². The summed E-state index contributed by atoms with van der Waals surface area (Å²) in [4.78, 5) is 12.4. The second kappa shape index (κ2) is 7.79. The molecule has 1 N–H and O–H groups in total. The van der Waals surface area contributed by atoms with E-state index in [1.807, 2.05) is 36.5 Å². The molecule has 6 nitrogen and oxygen atoms in total. The zero-order valence-corrected chi connectivity index (χ0v) is 16.4. The Hall–Kier alpha value is -3.00. The number of nitrogens with zero attached hydrogens (tertiary/aromatic N) is 2. The van der Waals surface area contributed by atoms with Crippen LogP contribution in [0.1, 0.15) is 12.0 Å². The van der Waals surface area contributed by atoms with Crippen molar-refractivity contribution in [3.8, 4) is 16.9 Å². The fourth-order valence-electron chi connectivity index (χ4n) is 3.43. The van der Waals surface area contributed by atoms with Crippen LogP contribution < -0.4 is 5.32 Å². The molecular weight excluding hydrogens is 393 g/mol. The number of nitrogens with one attached hydrogen (secondary N) is 1. The number of sulfone groups is 1. The maximum Gasteiger partial charge on any atom is 0.224 e. The molecule has 1 aliphatic rings. The number of rotatable bonds is 5. The van der Waals surface area contributed by atoms with Gasteiger partial charge in [-0.3, -0.25) is 4.79 Å². The molecule has 0 bridgehead atoms. The molecule has 2 aromatic carbocycles. The van der Waals surface area contributed by atoms with Crippen molar-refractivity contribution in [1.82, 2.24) is 15.1 Å². The Morgan fingerprint density at radius 2 is 1.86 bits per heavy atom. The molecule has 0 radical (unpaired) electrons. The van der Waals surface area contributed by atoms with Crippen molar-refractivity contribution in [2.75, 3.05) is 11.5 Å². The summed E-state index contributed by atoms with van der Waals surface area (Å²) in [6.07, 6.45) is 2.17. The van der Waals surface area contributed by atoms with Crippen LogP contribution in [0.25, 0.3) is 16.9 Å². The minimum absolute atomic E-state index is 0.0534. The lowest BCUT2D eigenvalue weighted by atomic mass is 10.1. The zero-order valence-electron chi connectivity index (χ0n) is 15.6. The van der Waals surface area contributed by atoms with Crippen LogP contribution in [0.5, 0.6) is 0 Å². The highest BCUT2D eigenvalue weighted by atomic mass is 32.2. The first-order chi connectivity index (χ1) is 13.9. The molecule has 29 heavy (non-hydrogen) atoms. The van der Waals surface area contributed by atoms with Crippen LogP contribution in [0.15, 0.2) is 60.8 Å². The van der Waals surface area contributed by atoms with E-state index in [2.05, 4.69) is 10.4 Å². The highest BCUT2D eigenvalue weighted by Gasteiger charge is 2.32. The summed E-state index contributed by atoms with van der Waals surface area (Å²) < 4.78 is 38.3. The summed E-state index contributed by atoms with van der Waals surface area (Å²) in [5.74, 6) is -1.18. The Labute approximate surface area is 168 Å². The predicted molar refractivity (Wildman–Crippen MR) is 108 cm³/mol. The first kappa shape index (κ1) is 19.3. The largest absolute Gasteiger partial charge is 0.352 e. The molecule has 1 aromatic heterocycles. The standard InChI is InChI=1S/C21H20FN3O3S/c22-18-8-6-15(7-9-18)20-17(13-25(24-20)19-4-2-1-3-5-19)12-23-21(26)16-10-11-29(27,28)14-16/h1-9,13,16H,10-12,14H2,(H,23,26)/t16-/m0/s1. The molecular formula is C21H20FN3O3S. The van der Waals surface area contributed by atoms with E-state index in [0.717, 1.165) is 16.8 Å². The third kappa shape index (κ3) is 4.37. The first-order valence-electron chi connectivity index (χ1n) is 9.29. The molecule has 1 aliphatic heterocycles. The van der Waals surface area contributed by atoms with Gasteiger partial charge in [-0.2, -0.15) is 5.10 Å². The number of hydrogen-bond donors (Lipinski definition) is 1. The molecule has 4 rings (SSSR count). The molecule has 2 heterocycles. The summed E-state index contributed by atoms with van der Waals surface area (Å²) in [5.41, 5.74) is 2.98. The van der Waals surface area contributed by atoms with Gasteiger partial charge in [0.1, 0.15) is 5.82 Å². The van der Waals surface area contributed by atoms with Gasteiger partial charge >= 0.3 is 0 Å². The van der Waals surface area contributed by atoms with E-state index in [-0.39, 0.29) is 29.8 Å². The SMILES string of the molecule is O=C(NCc1cn(-c2ccccc2)nc1-c1ccc(F)cc1)[C@H]1CCS(=O)(=O)C1. The Kier molecular flexibility index (Phi) is 5.19. The smallest absolute Gasteiger partial charge is 0.224 e. The number of para-hydroxylation sites is 1. The lowest BCUT2D eigenvalue weighted by Gasteiger charge is -2.09. The van der Waals surface area contributed by atoms with Crippen LogP contribution in [0.4, 0.5) is 4.39 Å².